The van der Waals surface area contributed by atoms with Crippen LogP contribution in [-0.4, -0.2) is 38.3 Å². The average molecular weight is 262 g/mol. The van der Waals surface area contributed by atoms with Crippen LogP contribution in [0.1, 0.15) is 19.4 Å². The van der Waals surface area contributed by atoms with Gasteiger partial charge in [0, 0.05) is 18.3 Å². The number of nitrogens with zero attached hydrogens (tertiary/aromatic N) is 1. The Balaban J connectivity index is 2.15. The van der Waals surface area contributed by atoms with Crippen LogP contribution in [0, 0.1) is 0 Å². The first kappa shape index (κ1) is 13.9. The lowest BCUT2D eigenvalue weighted by molar-refractivity contribution is -0.142. The van der Waals surface area contributed by atoms with Crippen molar-refractivity contribution in [1.29, 1.82) is 0 Å². The van der Waals surface area contributed by atoms with E-state index in [-0.39, 0.29) is 12.0 Å². The van der Waals surface area contributed by atoms with Crippen molar-refractivity contribution in [2.75, 3.05) is 25.1 Å². The van der Waals surface area contributed by atoms with E-state index < -0.39 is 0 Å². The second-order valence-corrected chi connectivity index (χ2v) is 4.97. The molecule has 0 spiro atoms. The van der Waals surface area contributed by atoms with E-state index in [1.54, 1.807) is 0 Å². The van der Waals surface area contributed by atoms with E-state index in [1.165, 1.54) is 18.4 Å². The fraction of sp³-hybridized carbons (Fsp3) is 0.533. The number of esters is 1. The Bertz CT molecular complexity index is 448. The second kappa shape index (κ2) is 6.06. The highest BCUT2D eigenvalue weighted by atomic mass is 16.5. The van der Waals surface area contributed by atoms with Crippen molar-refractivity contribution < 1.29 is 9.53 Å². The molecule has 2 atom stereocenters. The summed E-state index contributed by atoms with van der Waals surface area (Å²) in [6, 6.07) is 8.54. The predicted molar refractivity (Wildman–Crippen MR) is 76.4 cm³/mol. The number of methoxy groups -OCH3 is 1. The summed E-state index contributed by atoms with van der Waals surface area (Å²) in [4.78, 5) is 14.1. The molecule has 0 fully saturated rings. The molecule has 0 saturated heterocycles. The molecule has 0 bridgehead atoms. The molecule has 2 unspecified atom stereocenters. The van der Waals surface area contributed by atoms with Gasteiger partial charge in [0.2, 0.25) is 0 Å². The molecule has 1 aromatic carbocycles. The molecule has 0 aromatic heterocycles. The van der Waals surface area contributed by atoms with E-state index in [0.29, 0.717) is 12.6 Å². The Morgan fingerprint density at radius 3 is 2.95 bits per heavy atom. The molecule has 0 aliphatic carbocycles. The van der Waals surface area contributed by atoms with Gasteiger partial charge in [0.15, 0.2) is 0 Å². The number of fused-ring (bicyclic) bond motifs is 1. The highest BCUT2D eigenvalue weighted by molar-refractivity contribution is 5.77. The Morgan fingerprint density at radius 2 is 2.26 bits per heavy atom. The summed E-state index contributed by atoms with van der Waals surface area (Å²) in [5.74, 6) is -0.196. The van der Waals surface area contributed by atoms with Crippen LogP contribution in [0.25, 0.3) is 0 Å². The SMILES string of the molecule is CCNC(CN1c2ccccc2CC1C)C(=O)OC. The number of benzene rings is 1. The smallest absolute Gasteiger partial charge is 0.324 e. The molecule has 1 heterocycles. The van der Waals surface area contributed by atoms with Crippen molar-refractivity contribution in [1.82, 2.24) is 5.32 Å². The van der Waals surface area contributed by atoms with Gasteiger partial charge in [0.05, 0.1) is 7.11 Å². The summed E-state index contributed by atoms with van der Waals surface area (Å²) in [6.45, 7) is 5.60. The summed E-state index contributed by atoms with van der Waals surface area (Å²) in [5, 5.41) is 3.20. The van der Waals surface area contributed by atoms with Gasteiger partial charge in [-0.3, -0.25) is 4.79 Å². The van der Waals surface area contributed by atoms with Gasteiger partial charge < -0.3 is 15.0 Å². The van der Waals surface area contributed by atoms with Crippen LogP contribution in [0.5, 0.6) is 0 Å². The molecule has 1 aromatic rings. The standard InChI is InChI=1S/C15H22N2O2/c1-4-16-13(15(18)19-3)10-17-11(2)9-12-7-5-6-8-14(12)17/h5-8,11,13,16H,4,9-10H2,1-3H3. The largest absolute Gasteiger partial charge is 0.468 e. The number of carbonyl (C=O) groups is 1. The molecule has 1 aliphatic heterocycles. The Labute approximate surface area is 114 Å². The van der Waals surface area contributed by atoms with E-state index in [2.05, 4.69) is 35.3 Å². The minimum atomic E-state index is -0.274. The number of carbonyl (C=O) groups excluding carboxylic acids is 1. The van der Waals surface area contributed by atoms with E-state index in [0.717, 1.165) is 13.0 Å². The van der Waals surface area contributed by atoms with Crippen LogP contribution in [0.3, 0.4) is 0 Å². The number of hydrogen-bond acceptors (Lipinski definition) is 4. The van der Waals surface area contributed by atoms with Gasteiger partial charge in [0.1, 0.15) is 6.04 Å². The molecule has 1 N–H and O–H groups in total. The van der Waals surface area contributed by atoms with Crippen molar-refractivity contribution in [3.8, 4) is 0 Å². The maximum atomic E-state index is 11.8. The number of anilines is 1. The average Bonchev–Trinajstić information content (AvgIpc) is 2.73. The topological polar surface area (TPSA) is 41.6 Å². The van der Waals surface area contributed by atoms with Crippen molar-refractivity contribution in [3.05, 3.63) is 29.8 Å². The van der Waals surface area contributed by atoms with Crippen molar-refractivity contribution >= 4 is 11.7 Å². The van der Waals surface area contributed by atoms with Crippen LogP contribution >= 0.6 is 0 Å². The van der Waals surface area contributed by atoms with Crippen LogP contribution in [-0.2, 0) is 16.0 Å². The van der Waals surface area contributed by atoms with Crippen LogP contribution < -0.4 is 10.2 Å². The molecule has 4 heteroatoms. The fourth-order valence-corrected chi connectivity index (χ4v) is 2.72. The van der Waals surface area contributed by atoms with Gasteiger partial charge in [-0.1, -0.05) is 25.1 Å². The molecule has 104 valence electrons. The van der Waals surface area contributed by atoms with Crippen LogP contribution in [0.2, 0.25) is 0 Å². The Morgan fingerprint density at radius 1 is 1.53 bits per heavy atom. The number of hydrogen-bond donors (Lipinski definition) is 1. The molecule has 0 radical (unpaired) electrons. The number of ether oxygens (including phenoxy) is 1. The highest BCUT2D eigenvalue weighted by Gasteiger charge is 2.30. The molecule has 19 heavy (non-hydrogen) atoms. The molecular formula is C15H22N2O2. The van der Waals surface area contributed by atoms with E-state index in [1.807, 2.05) is 13.0 Å². The number of likely N-dealkylation sites (N-methyl/N-ethyl adjacent to an activating group) is 1. The monoisotopic (exact) mass is 262 g/mol. The third-order valence-electron chi connectivity index (χ3n) is 3.66. The predicted octanol–water partition coefficient (Wildman–Crippen LogP) is 1.59. The van der Waals surface area contributed by atoms with Crippen molar-refractivity contribution in [3.63, 3.8) is 0 Å². The quantitative estimate of drug-likeness (QED) is 0.818. The van der Waals surface area contributed by atoms with E-state index in [9.17, 15) is 4.79 Å². The lowest BCUT2D eigenvalue weighted by Gasteiger charge is -2.28. The third kappa shape index (κ3) is 2.89. The molecular weight excluding hydrogens is 240 g/mol. The normalized spacial score (nSPS) is 19.1. The van der Waals surface area contributed by atoms with Crippen LogP contribution in [0.4, 0.5) is 5.69 Å². The Kier molecular flexibility index (Phi) is 4.43. The minimum absolute atomic E-state index is 0.196. The first-order chi connectivity index (χ1) is 9.17. The molecule has 0 amide bonds. The zero-order valence-corrected chi connectivity index (χ0v) is 11.8. The second-order valence-electron chi connectivity index (χ2n) is 4.97. The van der Waals surface area contributed by atoms with Gasteiger partial charge in [-0.25, -0.2) is 0 Å². The number of para-hydroxylation sites is 1. The number of rotatable bonds is 5. The van der Waals surface area contributed by atoms with Crippen LogP contribution in [0.15, 0.2) is 24.3 Å². The first-order valence-electron chi connectivity index (χ1n) is 6.83. The zero-order chi connectivity index (χ0) is 13.8. The highest BCUT2D eigenvalue weighted by Crippen LogP contribution is 2.31. The summed E-state index contributed by atoms with van der Waals surface area (Å²) >= 11 is 0. The lowest BCUT2D eigenvalue weighted by atomic mass is 10.1. The first-order valence-corrected chi connectivity index (χ1v) is 6.83. The molecule has 4 nitrogen and oxygen atoms in total. The van der Waals surface area contributed by atoms with Crippen molar-refractivity contribution in [2.24, 2.45) is 0 Å². The zero-order valence-electron chi connectivity index (χ0n) is 11.8. The summed E-state index contributed by atoms with van der Waals surface area (Å²) in [6.07, 6.45) is 1.04. The van der Waals surface area contributed by atoms with Gasteiger partial charge in [-0.2, -0.15) is 0 Å². The number of nitrogens with one attached hydrogen (secondary N) is 1. The van der Waals surface area contributed by atoms with E-state index in [4.69, 9.17) is 4.74 Å². The van der Waals surface area contributed by atoms with Crippen molar-refractivity contribution in [2.45, 2.75) is 32.4 Å². The fourth-order valence-electron chi connectivity index (χ4n) is 2.72. The lowest BCUT2D eigenvalue weighted by Crippen LogP contribution is -2.48. The summed E-state index contributed by atoms with van der Waals surface area (Å²) in [5.41, 5.74) is 2.59. The minimum Gasteiger partial charge on any atom is -0.468 e. The maximum Gasteiger partial charge on any atom is 0.324 e. The third-order valence-corrected chi connectivity index (χ3v) is 3.66. The van der Waals surface area contributed by atoms with Gasteiger partial charge >= 0.3 is 5.97 Å². The summed E-state index contributed by atoms with van der Waals surface area (Å²) < 4.78 is 4.87. The van der Waals surface area contributed by atoms with Gasteiger partial charge in [0.25, 0.3) is 0 Å². The van der Waals surface area contributed by atoms with Gasteiger partial charge in [-0.15, -0.1) is 0 Å². The Hall–Kier alpha value is -1.55. The van der Waals surface area contributed by atoms with Gasteiger partial charge in [-0.05, 0) is 31.5 Å². The molecule has 2 rings (SSSR count). The molecule has 1 aliphatic rings. The summed E-state index contributed by atoms with van der Waals surface area (Å²) in [7, 11) is 1.44. The maximum absolute atomic E-state index is 11.8. The molecule has 0 saturated carbocycles. The van der Waals surface area contributed by atoms with E-state index >= 15 is 0 Å².